The molecule has 0 atom stereocenters. The lowest BCUT2D eigenvalue weighted by atomic mass is 9.80. The summed E-state index contributed by atoms with van der Waals surface area (Å²) in [6, 6.07) is 8.60. The fourth-order valence-electron chi connectivity index (χ4n) is 5.23. The number of piperazine rings is 1. The number of aryl methyl sites for hydroxylation is 1. The summed E-state index contributed by atoms with van der Waals surface area (Å²) in [6.45, 7) is 7.40. The highest BCUT2D eigenvalue weighted by molar-refractivity contribution is 5.81. The lowest BCUT2D eigenvalue weighted by Crippen LogP contribution is -2.51. The molecule has 2 amide bonds. The van der Waals surface area contributed by atoms with Crippen LogP contribution in [0, 0.1) is 18.8 Å². The molecule has 1 aliphatic carbocycles. The third-order valence-corrected chi connectivity index (χ3v) is 7.05. The lowest BCUT2D eigenvalue weighted by molar-refractivity contribution is -0.142. The second kappa shape index (κ2) is 9.19. The van der Waals surface area contributed by atoms with Gasteiger partial charge in [-0.1, -0.05) is 12.1 Å². The quantitative estimate of drug-likeness (QED) is 0.785. The second-order valence-electron chi connectivity index (χ2n) is 9.09. The van der Waals surface area contributed by atoms with Crippen LogP contribution in [0.25, 0.3) is 0 Å². The number of anilines is 1. The molecule has 2 heterocycles. The second-order valence-corrected chi connectivity index (χ2v) is 9.09. The molecule has 29 heavy (non-hydrogen) atoms. The maximum atomic E-state index is 13.0. The van der Waals surface area contributed by atoms with E-state index < -0.39 is 0 Å². The topological polar surface area (TPSA) is 43.9 Å². The number of hydrogen-bond donors (Lipinski definition) is 0. The zero-order valence-corrected chi connectivity index (χ0v) is 17.8. The monoisotopic (exact) mass is 397 g/mol. The van der Waals surface area contributed by atoms with Crippen LogP contribution in [-0.2, 0) is 9.59 Å². The van der Waals surface area contributed by atoms with Crippen molar-refractivity contribution in [3.63, 3.8) is 0 Å². The van der Waals surface area contributed by atoms with Gasteiger partial charge in [0.2, 0.25) is 11.8 Å². The Bertz CT molecular complexity index is 713. The molecule has 3 fully saturated rings. The van der Waals surface area contributed by atoms with E-state index in [9.17, 15) is 9.59 Å². The molecule has 0 bridgehead atoms. The largest absolute Gasteiger partial charge is 0.368 e. The molecular formula is C24H35N3O2. The van der Waals surface area contributed by atoms with Crippen molar-refractivity contribution in [1.29, 1.82) is 0 Å². The molecule has 0 aromatic heterocycles. The molecule has 4 rings (SSSR count). The van der Waals surface area contributed by atoms with Crippen LogP contribution in [0.5, 0.6) is 0 Å². The van der Waals surface area contributed by atoms with Gasteiger partial charge in [0.1, 0.15) is 0 Å². The molecule has 5 nitrogen and oxygen atoms in total. The van der Waals surface area contributed by atoms with E-state index in [4.69, 9.17) is 0 Å². The van der Waals surface area contributed by atoms with E-state index in [1.807, 2.05) is 0 Å². The molecule has 1 saturated carbocycles. The van der Waals surface area contributed by atoms with E-state index in [0.29, 0.717) is 11.8 Å². The van der Waals surface area contributed by atoms with Gasteiger partial charge in [-0.15, -0.1) is 0 Å². The Labute approximate surface area is 175 Å². The van der Waals surface area contributed by atoms with Crippen molar-refractivity contribution in [1.82, 2.24) is 9.80 Å². The van der Waals surface area contributed by atoms with Crippen LogP contribution in [-0.4, -0.2) is 60.9 Å². The Morgan fingerprint density at radius 2 is 1.31 bits per heavy atom. The minimum atomic E-state index is 0.117. The molecule has 3 aliphatic rings. The summed E-state index contributed by atoms with van der Waals surface area (Å²) in [7, 11) is 0. The smallest absolute Gasteiger partial charge is 0.225 e. The van der Waals surface area contributed by atoms with Crippen LogP contribution in [0.15, 0.2) is 24.3 Å². The first-order valence-corrected chi connectivity index (χ1v) is 11.5. The van der Waals surface area contributed by atoms with Gasteiger partial charge in [0.15, 0.2) is 0 Å². The van der Waals surface area contributed by atoms with E-state index in [0.717, 1.165) is 77.8 Å². The van der Waals surface area contributed by atoms with Crippen molar-refractivity contribution >= 4 is 17.5 Å². The van der Waals surface area contributed by atoms with Gasteiger partial charge in [0, 0.05) is 56.8 Å². The third-order valence-electron chi connectivity index (χ3n) is 7.05. The molecule has 0 spiro atoms. The molecule has 1 aromatic carbocycles. The average molecular weight is 398 g/mol. The van der Waals surface area contributed by atoms with E-state index in [1.165, 1.54) is 17.7 Å². The first-order valence-electron chi connectivity index (χ1n) is 11.5. The maximum Gasteiger partial charge on any atom is 0.225 e. The number of carbonyl (C=O) groups excluding carboxylic acids is 2. The van der Waals surface area contributed by atoms with Crippen molar-refractivity contribution in [2.75, 3.05) is 44.2 Å². The van der Waals surface area contributed by atoms with Crippen molar-refractivity contribution in [3.8, 4) is 0 Å². The van der Waals surface area contributed by atoms with E-state index in [-0.39, 0.29) is 11.8 Å². The standard InChI is InChI=1S/C24H35N3O2/c1-19-6-5-7-22(18-19)25-14-16-27(17-15-25)24(29)21-10-8-20(9-11-21)23(28)26-12-3-2-4-13-26/h5-7,18,20-21H,2-4,8-17H2,1H3. The van der Waals surface area contributed by atoms with Crippen LogP contribution < -0.4 is 4.90 Å². The Balaban J connectivity index is 1.24. The first-order chi connectivity index (χ1) is 14.1. The lowest BCUT2D eigenvalue weighted by Gasteiger charge is -2.39. The first kappa shape index (κ1) is 20.2. The normalized spacial score (nSPS) is 25.8. The summed E-state index contributed by atoms with van der Waals surface area (Å²) in [4.78, 5) is 32.3. The van der Waals surface area contributed by atoms with E-state index in [2.05, 4.69) is 45.9 Å². The van der Waals surface area contributed by atoms with Crippen LogP contribution >= 0.6 is 0 Å². The molecular weight excluding hydrogens is 362 g/mol. The summed E-state index contributed by atoms with van der Waals surface area (Å²) in [5, 5.41) is 0. The Morgan fingerprint density at radius 1 is 0.759 bits per heavy atom. The third kappa shape index (κ3) is 4.76. The minimum Gasteiger partial charge on any atom is -0.368 e. The zero-order chi connectivity index (χ0) is 20.2. The molecule has 5 heteroatoms. The van der Waals surface area contributed by atoms with Gasteiger partial charge in [-0.2, -0.15) is 0 Å². The minimum absolute atomic E-state index is 0.117. The van der Waals surface area contributed by atoms with Crippen molar-refractivity contribution < 1.29 is 9.59 Å². The number of benzene rings is 1. The van der Waals surface area contributed by atoms with E-state index >= 15 is 0 Å². The van der Waals surface area contributed by atoms with Gasteiger partial charge in [-0.3, -0.25) is 9.59 Å². The number of rotatable bonds is 3. The van der Waals surface area contributed by atoms with Gasteiger partial charge in [0.05, 0.1) is 0 Å². The number of carbonyl (C=O) groups is 2. The predicted octanol–water partition coefficient (Wildman–Crippen LogP) is 3.46. The number of amides is 2. The zero-order valence-electron chi connectivity index (χ0n) is 17.8. The molecule has 2 saturated heterocycles. The van der Waals surface area contributed by atoms with Crippen LogP contribution in [0.4, 0.5) is 5.69 Å². The van der Waals surface area contributed by atoms with Gasteiger partial charge in [-0.25, -0.2) is 0 Å². The summed E-state index contributed by atoms with van der Waals surface area (Å²) >= 11 is 0. The van der Waals surface area contributed by atoms with Gasteiger partial charge in [0.25, 0.3) is 0 Å². The molecule has 2 aliphatic heterocycles. The molecule has 0 radical (unpaired) electrons. The molecule has 0 N–H and O–H groups in total. The van der Waals surface area contributed by atoms with Gasteiger partial charge < -0.3 is 14.7 Å². The maximum absolute atomic E-state index is 13.0. The fraction of sp³-hybridized carbons (Fsp3) is 0.667. The highest BCUT2D eigenvalue weighted by Gasteiger charge is 2.34. The van der Waals surface area contributed by atoms with Crippen LogP contribution in [0.1, 0.15) is 50.5 Å². The molecule has 1 aromatic rings. The Morgan fingerprint density at radius 3 is 1.86 bits per heavy atom. The molecule has 158 valence electrons. The summed E-state index contributed by atoms with van der Waals surface area (Å²) in [5.74, 6) is 0.932. The van der Waals surface area contributed by atoms with Crippen LogP contribution in [0.2, 0.25) is 0 Å². The SMILES string of the molecule is Cc1cccc(N2CCN(C(=O)C3CCC(C(=O)N4CCCCC4)CC3)CC2)c1. The predicted molar refractivity (Wildman–Crippen MR) is 116 cm³/mol. The summed E-state index contributed by atoms with van der Waals surface area (Å²) in [5.41, 5.74) is 2.53. The number of hydrogen-bond acceptors (Lipinski definition) is 3. The number of nitrogens with zero attached hydrogens (tertiary/aromatic N) is 3. The van der Waals surface area contributed by atoms with Crippen molar-refractivity contribution in [3.05, 3.63) is 29.8 Å². The number of piperidine rings is 1. The fourth-order valence-corrected chi connectivity index (χ4v) is 5.23. The molecule has 0 unspecified atom stereocenters. The Kier molecular flexibility index (Phi) is 6.41. The number of likely N-dealkylation sites (tertiary alicyclic amines) is 1. The highest BCUT2D eigenvalue weighted by Crippen LogP contribution is 2.32. The highest BCUT2D eigenvalue weighted by atomic mass is 16.2. The van der Waals surface area contributed by atoms with Crippen LogP contribution in [0.3, 0.4) is 0 Å². The van der Waals surface area contributed by atoms with Gasteiger partial charge in [-0.05, 0) is 69.6 Å². The summed E-state index contributed by atoms with van der Waals surface area (Å²) in [6.07, 6.45) is 7.07. The average Bonchev–Trinajstić information content (AvgIpc) is 2.79. The summed E-state index contributed by atoms with van der Waals surface area (Å²) < 4.78 is 0. The van der Waals surface area contributed by atoms with Gasteiger partial charge >= 0.3 is 0 Å². The Hall–Kier alpha value is -2.04. The van der Waals surface area contributed by atoms with E-state index in [1.54, 1.807) is 0 Å². The van der Waals surface area contributed by atoms with Crippen molar-refractivity contribution in [2.45, 2.75) is 51.9 Å². The van der Waals surface area contributed by atoms with Crippen molar-refractivity contribution in [2.24, 2.45) is 11.8 Å².